The average Bonchev–Trinajstić information content (AvgIpc) is 2.07. The van der Waals surface area contributed by atoms with E-state index in [1.54, 1.807) is 0 Å². The quantitative estimate of drug-likeness (QED) is 0.733. The third kappa shape index (κ3) is 3.50. The zero-order valence-corrected chi connectivity index (χ0v) is 10.2. The van der Waals surface area contributed by atoms with Crippen LogP contribution >= 0.6 is 46.4 Å². The van der Waals surface area contributed by atoms with Crippen molar-refractivity contribution in [3.05, 3.63) is 11.1 Å². The summed E-state index contributed by atoms with van der Waals surface area (Å²) in [6, 6.07) is -0.214. The van der Waals surface area contributed by atoms with E-state index in [4.69, 9.17) is 46.4 Å². The molecule has 0 aromatic rings. The lowest BCUT2D eigenvalue weighted by Crippen LogP contribution is -2.42. The number of alkyl halides is 3. The number of amides is 1. The molecule has 14 heavy (non-hydrogen) atoms. The number of carbonyl (C=O) groups excluding carboxylic acids is 1. The van der Waals surface area contributed by atoms with E-state index >= 15 is 0 Å². The van der Waals surface area contributed by atoms with Crippen LogP contribution in [0.4, 0.5) is 0 Å². The molecule has 0 radical (unpaired) electrons. The van der Waals surface area contributed by atoms with Gasteiger partial charge in [0.2, 0.25) is 0 Å². The van der Waals surface area contributed by atoms with E-state index in [1.807, 2.05) is 6.08 Å². The highest BCUT2D eigenvalue weighted by Gasteiger charge is 2.33. The number of nitrogens with one attached hydrogen (secondary N) is 1. The van der Waals surface area contributed by atoms with Crippen LogP contribution in [0.2, 0.25) is 0 Å². The first-order valence-electron chi connectivity index (χ1n) is 4.14. The smallest absolute Gasteiger partial charge is 0.272 e. The van der Waals surface area contributed by atoms with E-state index in [9.17, 15) is 4.79 Å². The first-order chi connectivity index (χ1) is 6.41. The van der Waals surface area contributed by atoms with E-state index in [1.165, 1.54) is 0 Å². The van der Waals surface area contributed by atoms with Gasteiger partial charge in [0, 0.05) is 5.03 Å². The molecular weight excluding hydrogens is 268 g/mol. The summed E-state index contributed by atoms with van der Waals surface area (Å²) >= 11 is 22.1. The van der Waals surface area contributed by atoms with Gasteiger partial charge in [-0.1, -0.05) is 52.5 Å². The van der Waals surface area contributed by atoms with Gasteiger partial charge in [0.05, 0.1) is 6.04 Å². The van der Waals surface area contributed by atoms with Crippen molar-refractivity contribution in [3.63, 3.8) is 0 Å². The van der Waals surface area contributed by atoms with Gasteiger partial charge in [-0.05, 0) is 19.3 Å². The molecule has 0 saturated heterocycles. The van der Waals surface area contributed by atoms with Gasteiger partial charge in [-0.2, -0.15) is 0 Å². The van der Waals surface area contributed by atoms with Crippen LogP contribution in [-0.4, -0.2) is 15.7 Å². The summed E-state index contributed by atoms with van der Waals surface area (Å²) in [6.07, 6.45) is 4.55. The molecule has 0 fully saturated rings. The van der Waals surface area contributed by atoms with Crippen LogP contribution in [0.3, 0.4) is 0 Å². The van der Waals surface area contributed by atoms with Crippen LogP contribution in [0, 0.1) is 0 Å². The van der Waals surface area contributed by atoms with Crippen molar-refractivity contribution in [2.45, 2.75) is 29.1 Å². The van der Waals surface area contributed by atoms with Crippen LogP contribution in [0.15, 0.2) is 11.1 Å². The molecule has 1 amide bonds. The van der Waals surface area contributed by atoms with E-state index in [0.29, 0.717) is 5.03 Å². The summed E-state index contributed by atoms with van der Waals surface area (Å²) in [7, 11) is 0. The van der Waals surface area contributed by atoms with Gasteiger partial charge in [0.1, 0.15) is 0 Å². The summed E-state index contributed by atoms with van der Waals surface area (Å²) < 4.78 is -1.92. The summed E-state index contributed by atoms with van der Waals surface area (Å²) in [4.78, 5) is 11.3. The molecule has 1 aliphatic rings. The fraction of sp³-hybridized carbons (Fsp3) is 0.625. The molecule has 2 nitrogen and oxygen atoms in total. The molecule has 0 saturated carbocycles. The van der Waals surface area contributed by atoms with Crippen molar-refractivity contribution in [3.8, 4) is 0 Å². The maximum absolute atomic E-state index is 11.3. The van der Waals surface area contributed by atoms with Crippen molar-refractivity contribution in [1.29, 1.82) is 0 Å². The van der Waals surface area contributed by atoms with Gasteiger partial charge in [-0.25, -0.2) is 0 Å². The Morgan fingerprint density at radius 1 is 1.50 bits per heavy atom. The second-order valence-electron chi connectivity index (χ2n) is 3.04. The Balaban J connectivity index is 2.56. The van der Waals surface area contributed by atoms with Crippen LogP contribution in [-0.2, 0) is 4.79 Å². The molecule has 0 aromatic carbocycles. The molecule has 0 heterocycles. The highest BCUT2D eigenvalue weighted by atomic mass is 35.6. The number of hydrogen-bond acceptors (Lipinski definition) is 1. The van der Waals surface area contributed by atoms with Crippen molar-refractivity contribution in [2.75, 3.05) is 0 Å². The Morgan fingerprint density at radius 3 is 2.64 bits per heavy atom. The molecule has 80 valence electrons. The second kappa shape index (κ2) is 4.93. The van der Waals surface area contributed by atoms with E-state index in [2.05, 4.69) is 5.32 Å². The topological polar surface area (TPSA) is 29.1 Å². The van der Waals surface area contributed by atoms with Gasteiger partial charge in [-0.3, -0.25) is 4.79 Å². The van der Waals surface area contributed by atoms with Gasteiger partial charge in [0.15, 0.2) is 0 Å². The lowest BCUT2D eigenvalue weighted by atomic mass is 10.0. The van der Waals surface area contributed by atoms with Crippen LogP contribution in [0.1, 0.15) is 19.3 Å². The first kappa shape index (κ1) is 12.4. The standard InChI is InChI=1S/C8H9Cl4NO/c9-5-3-1-2-4-6(5)13-7(14)8(10,11)12/h3,6H,1-2,4H2,(H,13,14)/t6-/m0/s1. The van der Waals surface area contributed by atoms with Crippen molar-refractivity contribution in [2.24, 2.45) is 0 Å². The van der Waals surface area contributed by atoms with E-state index in [-0.39, 0.29) is 6.04 Å². The molecule has 1 N–H and O–H groups in total. The number of allylic oxidation sites excluding steroid dienone is 1. The molecule has 1 aliphatic carbocycles. The molecule has 0 aliphatic heterocycles. The lowest BCUT2D eigenvalue weighted by molar-refractivity contribution is -0.120. The Labute approximate surface area is 103 Å². The summed E-state index contributed by atoms with van der Waals surface area (Å²) in [5, 5.41) is 3.18. The Kier molecular flexibility index (Phi) is 4.38. The normalized spacial score (nSPS) is 22.9. The SMILES string of the molecule is O=C(N[C@H]1CCCC=C1Cl)C(Cl)(Cl)Cl. The van der Waals surface area contributed by atoms with E-state index in [0.717, 1.165) is 19.3 Å². The summed E-state index contributed by atoms with van der Waals surface area (Å²) in [6.45, 7) is 0. The Morgan fingerprint density at radius 2 is 2.14 bits per heavy atom. The molecule has 0 bridgehead atoms. The first-order valence-corrected chi connectivity index (χ1v) is 5.65. The molecule has 1 atom stereocenters. The number of hydrogen-bond donors (Lipinski definition) is 1. The monoisotopic (exact) mass is 275 g/mol. The van der Waals surface area contributed by atoms with E-state index < -0.39 is 9.70 Å². The number of rotatable bonds is 1. The number of carbonyl (C=O) groups is 1. The largest absolute Gasteiger partial charge is 0.345 e. The van der Waals surface area contributed by atoms with Gasteiger partial charge < -0.3 is 5.32 Å². The van der Waals surface area contributed by atoms with Crippen LogP contribution in [0.5, 0.6) is 0 Å². The highest BCUT2D eigenvalue weighted by Crippen LogP contribution is 2.28. The zero-order valence-electron chi connectivity index (χ0n) is 7.20. The Bertz CT molecular complexity index is 259. The van der Waals surface area contributed by atoms with Crippen molar-refractivity contribution < 1.29 is 4.79 Å². The fourth-order valence-corrected chi connectivity index (χ4v) is 1.66. The van der Waals surface area contributed by atoms with Crippen molar-refractivity contribution in [1.82, 2.24) is 5.32 Å². The van der Waals surface area contributed by atoms with Crippen LogP contribution < -0.4 is 5.32 Å². The predicted octanol–water partition coefficient (Wildman–Crippen LogP) is 3.15. The van der Waals surface area contributed by atoms with Crippen molar-refractivity contribution >= 4 is 52.3 Å². The third-order valence-electron chi connectivity index (χ3n) is 1.93. The fourth-order valence-electron chi connectivity index (χ4n) is 1.22. The molecule has 6 heteroatoms. The maximum atomic E-state index is 11.3. The number of halogens is 4. The highest BCUT2D eigenvalue weighted by molar-refractivity contribution is 6.76. The minimum Gasteiger partial charge on any atom is -0.345 e. The maximum Gasteiger partial charge on any atom is 0.272 e. The van der Waals surface area contributed by atoms with Crippen LogP contribution in [0.25, 0.3) is 0 Å². The molecular formula is C8H9Cl4NO. The zero-order chi connectivity index (χ0) is 10.8. The Hall–Kier alpha value is 0.370. The average molecular weight is 277 g/mol. The van der Waals surface area contributed by atoms with Gasteiger partial charge in [-0.15, -0.1) is 0 Å². The minimum atomic E-state index is -1.92. The minimum absolute atomic E-state index is 0.214. The van der Waals surface area contributed by atoms with Gasteiger partial charge >= 0.3 is 0 Å². The second-order valence-corrected chi connectivity index (χ2v) is 5.76. The molecule has 0 spiro atoms. The predicted molar refractivity (Wildman–Crippen MR) is 60.0 cm³/mol. The lowest BCUT2D eigenvalue weighted by Gasteiger charge is -2.23. The molecule has 1 rings (SSSR count). The van der Waals surface area contributed by atoms with Gasteiger partial charge in [0.25, 0.3) is 9.70 Å². The molecule has 0 unspecified atom stereocenters. The molecule has 0 aromatic heterocycles. The summed E-state index contributed by atoms with van der Waals surface area (Å²) in [5.41, 5.74) is 0. The summed E-state index contributed by atoms with van der Waals surface area (Å²) in [5.74, 6) is -0.638. The third-order valence-corrected chi connectivity index (χ3v) is 2.86.